The van der Waals surface area contributed by atoms with Crippen molar-refractivity contribution in [2.45, 2.75) is 32.3 Å². The molecule has 94 valence electrons. The Morgan fingerprint density at radius 1 is 1.56 bits per heavy atom. The Kier molecular flexibility index (Phi) is 5.02. The van der Waals surface area contributed by atoms with E-state index in [4.69, 9.17) is 4.74 Å². The molecule has 1 unspecified atom stereocenters. The van der Waals surface area contributed by atoms with Crippen LogP contribution in [-0.4, -0.2) is 38.3 Å². The highest BCUT2D eigenvalue weighted by molar-refractivity contribution is 5.85. The molecule has 1 atom stereocenters. The van der Waals surface area contributed by atoms with Crippen LogP contribution >= 0.6 is 12.4 Å². The van der Waals surface area contributed by atoms with E-state index in [1.807, 2.05) is 0 Å². The second kappa shape index (κ2) is 5.84. The molecule has 2 aliphatic rings. The molecule has 2 fully saturated rings. The van der Waals surface area contributed by atoms with E-state index in [0.29, 0.717) is 18.6 Å². The van der Waals surface area contributed by atoms with Gasteiger partial charge in [0.1, 0.15) is 6.10 Å². The van der Waals surface area contributed by atoms with Gasteiger partial charge in [0.05, 0.1) is 6.61 Å². The van der Waals surface area contributed by atoms with E-state index in [0.717, 1.165) is 19.5 Å². The molecule has 0 bridgehead atoms. The minimum absolute atomic E-state index is 0. The van der Waals surface area contributed by atoms with Gasteiger partial charge in [0.2, 0.25) is 5.91 Å². The van der Waals surface area contributed by atoms with Gasteiger partial charge in [0.15, 0.2) is 0 Å². The SMILES string of the molecule is CCC1(CNC(=O)C2CNCCO2)CC1.Cl. The van der Waals surface area contributed by atoms with Gasteiger partial charge in [-0.1, -0.05) is 6.92 Å². The number of morpholine rings is 1. The monoisotopic (exact) mass is 248 g/mol. The van der Waals surface area contributed by atoms with Crippen molar-refractivity contribution in [1.29, 1.82) is 0 Å². The van der Waals surface area contributed by atoms with Crippen LogP contribution in [-0.2, 0) is 9.53 Å². The van der Waals surface area contributed by atoms with E-state index in [2.05, 4.69) is 17.6 Å². The summed E-state index contributed by atoms with van der Waals surface area (Å²) in [5, 5.41) is 6.16. The Balaban J connectivity index is 0.00000128. The molecule has 16 heavy (non-hydrogen) atoms. The second-order valence-corrected chi connectivity index (χ2v) is 4.63. The third kappa shape index (κ3) is 3.34. The Morgan fingerprint density at radius 3 is 2.81 bits per heavy atom. The number of amides is 1. The fourth-order valence-electron chi connectivity index (χ4n) is 1.95. The van der Waals surface area contributed by atoms with Gasteiger partial charge < -0.3 is 15.4 Å². The van der Waals surface area contributed by atoms with Crippen molar-refractivity contribution in [3.8, 4) is 0 Å². The summed E-state index contributed by atoms with van der Waals surface area (Å²) in [7, 11) is 0. The molecule has 1 saturated carbocycles. The molecule has 0 spiro atoms. The molecule has 1 aliphatic carbocycles. The van der Waals surface area contributed by atoms with Gasteiger partial charge in [0, 0.05) is 19.6 Å². The smallest absolute Gasteiger partial charge is 0.250 e. The lowest BCUT2D eigenvalue weighted by Crippen LogP contribution is -2.48. The van der Waals surface area contributed by atoms with Crippen LogP contribution in [0.2, 0.25) is 0 Å². The highest BCUT2D eigenvalue weighted by atomic mass is 35.5. The zero-order chi connectivity index (χ0) is 10.7. The van der Waals surface area contributed by atoms with Crippen LogP contribution in [0, 0.1) is 5.41 Å². The molecule has 4 nitrogen and oxygen atoms in total. The first-order chi connectivity index (χ1) is 7.26. The number of ether oxygens (including phenoxy) is 1. The molecule has 1 heterocycles. The van der Waals surface area contributed by atoms with Crippen molar-refractivity contribution in [2.24, 2.45) is 5.41 Å². The summed E-state index contributed by atoms with van der Waals surface area (Å²) in [4.78, 5) is 11.7. The minimum atomic E-state index is -0.286. The van der Waals surface area contributed by atoms with Crippen LogP contribution in [0.5, 0.6) is 0 Å². The van der Waals surface area contributed by atoms with Gasteiger partial charge in [-0.2, -0.15) is 0 Å². The molecule has 1 saturated heterocycles. The van der Waals surface area contributed by atoms with Crippen LogP contribution in [0.3, 0.4) is 0 Å². The Hall–Kier alpha value is -0.320. The predicted octanol–water partition coefficient (Wildman–Crippen LogP) is 0.703. The summed E-state index contributed by atoms with van der Waals surface area (Å²) in [5.41, 5.74) is 0.414. The van der Waals surface area contributed by atoms with E-state index in [-0.39, 0.29) is 24.4 Å². The summed E-state index contributed by atoms with van der Waals surface area (Å²) >= 11 is 0. The molecule has 0 aromatic heterocycles. The normalized spacial score (nSPS) is 26.7. The number of carbonyl (C=O) groups is 1. The zero-order valence-corrected chi connectivity index (χ0v) is 10.6. The van der Waals surface area contributed by atoms with E-state index in [1.165, 1.54) is 12.8 Å². The molecule has 2 N–H and O–H groups in total. The standard InChI is InChI=1S/C11H20N2O2.ClH/c1-2-11(3-4-11)8-13-10(14)9-7-12-5-6-15-9;/h9,12H,2-8H2,1H3,(H,13,14);1H. The molecule has 0 aromatic carbocycles. The maximum Gasteiger partial charge on any atom is 0.250 e. The fourth-order valence-corrected chi connectivity index (χ4v) is 1.95. The van der Waals surface area contributed by atoms with E-state index in [9.17, 15) is 4.79 Å². The van der Waals surface area contributed by atoms with E-state index < -0.39 is 0 Å². The van der Waals surface area contributed by atoms with Crippen LogP contribution < -0.4 is 10.6 Å². The summed E-state index contributed by atoms with van der Waals surface area (Å²) < 4.78 is 5.38. The maximum absolute atomic E-state index is 11.7. The summed E-state index contributed by atoms with van der Waals surface area (Å²) in [6.45, 7) is 5.14. The number of hydrogen-bond donors (Lipinski definition) is 2. The van der Waals surface area contributed by atoms with Crippen molar-refractivity contribution in [3.05, 3.63) is 0 Å². The van der Waals surface area contributed by atoms with E-state index >= 15 is 0 Å². The van der Waals surface area contributed by atoms with Gasteiger partial charge in [-0.15, -0.1) is 12.4 Å². The Labute approximate surface area is 103 Å². The third-order valence-corrected chi connectivity index (χ3v) is 3.56. The van der Waals surface area contributed by atoms with Crippen LogP contribution in [0.1, 0.15) is 26.2 Å². The largest absolute Gasteiger partial charge is 0.366 e. The Morgan fingerprint density at radius 2 is 2.31 bits per heavy atom. The van der Waals surface area contributed by atoms with Crippen molar-refractivity contribution < 1.29 is 9.53 Å². The maximum atomic E-state index is 11.7. The summed E-state index contributed by atoms with van der Waals surface area (Å²) in [6.07, 6.45) is 3.39. The average Bonchev–Trinajstić information content (AvgIpc) is 3.08. The second-order valence-electron chi connectivity index (χ2n) is 4.63. The van der Waals surface area contributed by atoms with Gasteiger partial charge in [-0.3, -0.25) is 4.79 Å². The molecule has 1 aliphatic heterocycles. The zero-order valence-electron chi connectivity index (χ0n) is 9.75. The third-order valence-electron chi connectivity index (χ3n) is 3.56. The topological polar surface area (TPSA) is 50.4 Å². The van der Waals surface area contributed by atoms with Crippen LogP contribution in [0.4, 0.5) is 0 Å². The summed E-state index contributed by atoms with van der Waals surface area (Å²) in [6, 6.07) is 0. The quantitative estimate of drug-likeness (QED) is 0.770. The van der Waals surface area contributed by atoms with Crippen LogP contribution in [0.15, 0.2) is 0 Å². The first-order valence-electron chi connectivity index (χ1n) is 5.86. The summed E-state index contributed by atoms with van der Waals surface area (Å²) in [5.74, 6) is 0.0434. The van der Waals surface area contributed by atoms with E-state index in [1.54, 1.807) is 0 Å². The van der Waals surface area contributed by atoms with Crippen molar-refractivity contribution in [3.63, 3.8) is 0 Å². The first-order valence-corrected chi connectivity index (χ1v) is 5.86. The van der Waals surface area contributed by atoms with Gasteiger partial charge >= 0.3 is 0 Å². The fraction of sp³-hybridized carbons (Fsp3) is 0.909. The van der Waals surface area contributed by atoms with Crippen molar-refractivity contribution in [2.75, 3.05) is 26.2 Å². The average molecular weight is 249 g/mol. The lowest BCUT2D eigenvalue weighted by molar-refractivity contribution is -0.134. The number of nitrogens with one attached hydrogen (secondary N) is 2. The molecular formula is C11H21ClN2O2. The molecule has 1 amide bonds. The lowest BCUT2D eigenvalue weighted by Gasteiger charge is -2.23. The predicted molar refractivity (Wildman–Crippen MR) is 64.8 cm³/mol. The van der Waals surface area contributed by atoms with Crippen LogP contribution in [0.25, 0.3) is 0 Å². The first kappa shape index (κ1) is 13.7. The molecule has 0 aromatic rings. The lowest BCUT2D eigenvalue weighted by atomic mass is 10.0. The number of hydrogen-bond acceptors (Lipinski definition) is 3. The van der Waals surface area contributed by atoms with Gasteiger partial charge in [-0.05, 0) is 24.7 Å². The van der Waals surface area contributed by atoms with Crippen molar-refractivity contribution in [1.82, 2.24) is 10.6 Å². The number of rotatable bonds is 4. The highest BCUT2D eigenvalue weighted by Gasteiger charge is 2.41. The molecule has 2 rings (SSSR count). The molecular weight excluding hydrogens is 228 g/mol. The Bertz CT molecular complexity index is 238. The van der Waals surface area contributed by atoms with Gasteiger partial charge in [0.25, 0.3) is 0 Å². The van der Waals surface area contributed by atoms with Gasteiger partial charge in [-0.25, -0.2) is 0 Å². The number of carbonyl (C=O) groups excluding carboxylic acids is 1. The van der Waals surface area contributed by atoms with Crippen molar-refractivity contribution >= 4 is 18.3 Å². The number of halogens is 1. The molecule has 5 heteroatoms. The highest BCUT2D eigenvalue weighted by Crippen LogP contribution is 2.47. The molecule has 0 radical (unpaired) electrons. The minimum Gasteiger partial charge on any atom is -0.366 e.